The van der Waals surface area contributed by atoms with Crippen molar-refractivity contribution in [2.75, 3.05) is 11.4 Å². The molecule has 0 radical (unpaired) electrons. The second kappa shape index (κ2) is 7.76. The molecule has 156 valence electrons. The number of thioether (sulfide) groups is 1. The number of aliphatic carboxylic acids is 1. The first-order valence-corrected chi connectivity index (χ1v) is 11.1. The number of benzene rings is 1. The van der Waals surface area contributed by atoms with Gasteiger partial charge in [0.25, 0.3) is 5.91 Å². The van der Waals surface area contributed by atoms with Crippen molar-refractivity contribution in [1.29, 1.82) is 0 Å². The largest absolute Gasteiger partial charge is 0.480 e. The van der Waals surface area contributed by atoms with Gasteiger partial charge in [-0.2, -0.15) is 0 Å². The summed E-state index contributed by atoms with van der Waals surface area (Å²) in [6, 6.07) is 4.79. The number of carboxylic acids is 1. The quantitative estimate of drug-likeness (QED) is 0.546. The fourth-order valence-corrected chi connectivity index (χ4v) is 5.91. The SMILES string of the molecule is Cc1cc2c(cc1/C=C1/SC(=S)N(CC(=O)O)C1=O)C(C)CC(C)(C)N2C(C)C. The Morgan fingerprint density at radius 2 is 2.07 bits per heavy atom. The van der Waals surface area contributed by atoms with Gasteiger partial charge in [0, 0.05) is 17.3 Å². The van der Waals surface area contributed by atoms with E-state index in [2.05, 4.69) is 58.6 Å². The van der Waals surface area contributed by atoms with Crippen molar-refractivity contribution in [1.82, 2.24) is 4.90 Å². The van der Waals surface area contributed by atoms with Gasteiger partial charge in [-0.1, -0.05) is 30.9 Å². The van der Waals surface area contributed by atoms with Crippen molar-refractivity contribution in [2.24, 2.45) is 0 Å². The maximum absolute atomic E-state index is 12.6. The molecule has 0 saturated carbocycles. The van der Waals surface area contributed by atoms with Crippen LogP contribution >= 0.6 is 24.0 Å². The highest BCUT2D eigenvalue weighted by molar-refractivity contribution is 8.26. The second-order valence-corrected chi connectivity index (χ2v) is 10.5. The van der Waals surface area contributed by atoms with E-state index in [0.29, 0.717) is 21.2 Å². The molecule has 1 fully saturated rings. The summed E-state index contributed by atoms with van der Waals surface area (Å²) in [5.74, 6) is -1.00. The molecule has 0 bridgehead atoms. The van der Waals surface area contributed by atoms with E-state index >= 15 is 0 Å². The fourth-order valence-electron chi connectivity index (χ4n) is 4.66. The Hall–Kier alpha value is -1.86. The molecule has 5 nitrogen and oxygen atoms in total. The molecular formula is C22H28N2O3S2. The zero-order valence-corrected chi connectivity index (χ0v) is 19.4. The number of hydrogen-bond acceptors (Lipinski definition) is 5. The van der Waals surface area contributed by atoms with Gasteiger partial charge in [0.05, 0.1) is 4.91 Å². The van der Waals surface area contributed by atoms with Gasteiger partial charge in [0.1, 0.15) is 10.9 Å². The summed E-state index contributed by atoms with van der Waals surface area (Å²) in [5.41, 5.74) is 4.69. The number of carbonyl (C=O) groups is 2. The molecule has 7 heteroatoms. The molecule has 2 aliphatic rings. The summed E-state index contributed by atoms with van der Waals surface area (Å²) in [4.78, 5) is 27.8. The Labute approximate surface area is 182 Å². The highest BCUT2D eigenvalue weighted by Gasteiger charge is 2.38. The number of aryl methyl sites for hydroxylation is 1. The van der Waals surface area contributed by atoms with Crippen LogP contribution in [-0.2, 0) is 9.59 Å². The Morgan fingerprint density at radius 1 is 1.41 bits per heavy atom. The Kier molecular flexibility index (Phi) is 5.84. The van der Waals surface area contributed by atoms with Gasteiger partial charge in [-0.3, -0.25) is 14.5 Å². The summed E-state index contributed by atoms with van der Waals surface area (Å²) < 4.78 is 0.292. The molecule has 2 aliphatic heterocycles. The Balaban J connectivity index is 2.03. The number of hydrogen-bond donors (Lipinski definition) is 1. The highest BCUT2D eigenvalue weighted by Crippen LogP contribution is 2.46. The standard InChI is InChI=1S/C22H28N2O3S2/c1-12(2)24-17-7-13(3)15(8-16(17)14(4)10-22(24,5)6)9-18-20(27)23(11-19(25)26)21(28)29-18/h7-9,12,14H,10-11H2,1-6H3,(H,25,26)/b18-9+. The monoisotopic (exact) mass is 432 g/mol. The summed E-state index contributed by atoms with van der Waals surface area (Å²) in [7, 11) is 0. The van der Waals surface area contributed by atoms with Gasteiger partial charge >= 0.3 is 5.97 Å². The predicted molar refractivity (Wildman–Crippen MR) is 123 cm³/mol. The highest BCUT2D eigenvalue weighted by atomic mass is 32.2. The minimum atomic E-state index is -1.07. The average Bonchev–Trinajstić information content (AvgIpc) is 2.82. The number of thiocarbonyl (C=S) groups is 1. The maximum Gasteiger partial charge on any atom is 0.323 e. The number of carbonyl (C=O) groups excluding carboxylic acids is 1. The van der Waals surface area contributed by atoms with Crippen molar-refractivity contribution < 1.29 is 14.7 Å². The first-order chi connectivity index (χ1) is 13.4. The molecule has 1 aromatic rings. The summed E-state index contributed by atoms with van der Waals surface area (Å²) in [6.45, 7) is 12.9. The minimum absolute atomic E-state index is 0.0772. The first-order valence-electron chi connectivity index (χ1n) is 9.83. The van der Waals surface area contributed by atoms with Crippen LogP contribution in [0.5, 0.6) is 0 Å². The van der Waals surface area contributed by atoms with Gasteiger partial charge in [-0.05, 0) is 81.9 Å². The third-order valence-corrected chi connectivity index (χ3v) is 7.01. The van der Waals surface area contributed by atoms with E-state index in [9.17, 15) is 9.59 Å². The van der Waals surface area contributed by atoms with Gasteiger partial charge in [-0.15, -0.1) is 0 Å². The molecule has 0 spiro atoms. The van der Waals surface area contributed by atoms with Crippen LogP contribution in [0.25, 0.3) is 6.08 Å². The van der Waals surface area contributed by atoms with Crippen LogP contribution in [0, 0.1) is 6.92 Å². The van der Waals surface area contributed by atoms with Crippen molar-refractivity contribution in [2.45, 2.75) is 65.5 Å². The van der Waals surface area contributed by atoms with E-state index in [1.54, 1.807) is 0 Å². The third kappa shape index (κ3) is 4.08. The van der Waals surface area contributed by atoms with E-state index < -0.39 is 12.5 Å². The number of nitrogens with zero attached hydrogens (tertiary/aromatic N) is 2. The lowest BCUT2D eigenvalue weighted by Crippen LogP contribution is -2.51. The summed E-state index contributed by atoms with van der Waals surface area (Å²) in [6.07, 6.45) is 2.91. The lowest BCUT2D eigenvalue weighted by Gasteiger charge is -2.50. The van der Waals surface area contributed by atoms with Crippen LogP contribution in [0.1, 0.15) is 63.6 Å². The van der Waals surface area contributed by atoms with E-state index in [1.165, 1.54) is 23.0 Å². The smallest absolute Gasteiger partial charge is 0.323 e. The van der Waals surface area contributed by atoms with Crippen LogP contribution in [0.4, 0.5) is 5.69 Å². The van der Waals surface area contributed by atoms with Crippen molar-refractivity contribution in [3.05, 3.63) is 33.7 Å². The zero-order valence-electron chi connectivity index (χ0n) is 17.8. The molecule has 1 atom stereocenters. The van der Waals surface area contributed by atoms with Gasteiger partial charge in [0.2, 0.25) is 0 Å². The topological polar surface area (TPSA) is 60.9 Å². The molecule has 0 aliphatic carbocycles. The van der Waals surface area contributed by atoms with E-state index in [-0.39, 0.29) is 11.4 Å². The summed E-state index contributed by atoms with van der Waals surface area (Å²) >= 11 is 6.37. The molecule has 1 amide bonds. The van der Waals surface area contributed by atoms with Crippen molar-refractivity contribution >= 4 is 51.9 Å². The second-order valence-electron chi connectivity index (χ2n) is 8.81. The normalized spacial score (nSPS) is 22.6. The molecular weight excluding hydrogens is 404 g/mol. The number of anilines is 1. The molecule has 1 unspecified atom stereocenters. The lowest BCUT2D eigenvalue weighted by atomic mass is 9.78. The average molecular weight is 433 g/mol. The molecule has 29 heavy (non-hydrogen) atoms. The molecule has 1 N–H and O–H groups in total. The fraction of sp³-hybridized carbons (Fsp3) is 0.500. The molecule has 1 aromatic carbocycles. The zero-order chi connectivity index (χ0) is 21.7. The van der Waals surface area contributed by atoms with Gasteiger partial charge in [-0.25, -0.2) is 0 Å². The third-order valence-electron chi connectivity index (χ3n) is 5.63. The number of rotatable bonds is 4. The van der Waals surface area contributed by atoms with Gasteiger partial charge < -0.3 is 10.0 Å². The van der Waals surface area contributed by atoms with Crippen LogP contribution < -0.4 is 4.90 Å². The Bertz CT molecular complexity index is 921. The van der Waals surface area contributed by atoms with E-state index in [0.717, 1.165) is 22.4 Å². The maximum atomic E-state index is 12.6. The van der Waals surface area contributed by atoms with Crippen molar-refractivity contribution in [3.63, 3.8) is 0 Å². The number of amides is 1. The first kappa shape index (κ1) is 21.8. The Morgan fingerprint density at radius 3 is 2.66 bits per heavy atom. The van der Waals surface area contributed by atoms with E-state index in [1.807, 2.05) is 6.08 Å². The number of carboxylic acid groups (broad SMARTS) is 1. The number of fused-ring (bicyclic) bond motifs is 1. The predicted octanol–water partition coefficient (Wildman–Crippen LogP) is 4.78. The lowest BCUT2D eigenvalue weighted by molar-refractivity contribution is -0.140. The van der Waals surface area contributed by atoms with Crippen molar-refractivity contribution in [3.8, 4) is 0 Å². The van der Waals surface area contributed by atoms with Gasteiger partial charge in [0.15, 0.2) is 0 Å². The van der Waals surface area contributed by atoms with E-state index in [4.69, 9.17) is 17.3 Å². The van der Waals surface area contributed by atoms with Crippen LogP contribution in [0.3, 0.4) is 0 Å². The van der Waals surface area contributed by atoms with Crippen LogP contribution in [0.2, 0.25) is 0 Å². The molecule has 2 heterocycles. The molecule has 0 aromatic heterocycles. The molecule has 3 rings (SSSR count). The molecule has 1 saturated heterocycles. The minimum Gasteiger partial charge on any atom is -0.480 e. The van der Waals surface area contributed by atoms with Crippen LogP contribution in [-0.4, -0.2) is 44.3 Å². The van der Waals surface area contributed by atoms with Crippen LogP contribution in [0.15, 0.2) is 17.0 Å². The summed E-state index contributed by atoms with van der Waals surface area (Å²) in [5, 5.41) is 9.02.